The molecule has 27 heteroatoms. The van der Waals surface area contributed by atoms with Gasteiger partial charge in [0.2, 0.25) is 5.69 Å². The molecular weight excluding hydrogens is 1030 g/mol. The van der Waals surface area contributed by atoms with Crippen molar-refractivity contribution in [1.29, 1.82) is 0 Å². The molecule has 3 aliphatic rings. The van der Waals surface area contributed by atoms with Crippen LogP contribution in [0.1, 0.15) is 83.8 Å². The van der Waals surface area contributed by atoms with E-state index in [2.05, 4.69) is 13.9 Å². The molecule has 2 heterocycles. The summed E-state index contributed by atoms with van der Waals surface area (Å²) in [6.07, 6.45) is 10.4. The number of allylic oxidation sites excluding steroid dienone is 8. The quantitative estimate of drug-likeness (QED) is 0.0218. The fourth-order valence-corrected chi connectivity index (χ4v) is 12.0. The predicted molar refractivity (Wildman–Crippen MR) is 235 cm³/mol. The molecule has 1 N–H and O–H groups in total. The van der Waals surface area contributed by atoms with Crippen LogP contribution in [0.25, 0.3) is 0 Å². The maximum atomic E-state index is 12.0. The predicted octanol–water partition coefficient (Wildman–Crippen LogP) is -6.91. The maximum absolute atomic E-state index is 12.0. The van der Waals surface area contributed by atoms with E-state index in [9.17, 15) is 57.1 Å². The number of anilines is 1. The molecule has 2 aromatic carbocycles. The Morgan fingerprint density at radius 1 is 0.791 bits per heavy atom. The Labute approximate surface area is 491 Å². The molecule has 0 fully saturated rings. The average Bonchev–Trinajstić information content (AvgIpc) is 3.72. The number of thioether (sulfide) groups is 1. The van der Waals surface area contributed by atoms with Crippen LogP contribution in [0.2, 0.25) is 0 Å². The van der Waals surface area contributed by atoms with Crippen molar-refractivity contribution < 1.29 is 189 Å². The fourth-order valence-electron chi connectivity index (χ4n) is 8.32. The zero-order valence-corrected chi connectivity index (χ0v) is 51.9. The zero-order valence-electron chi connectivity index (χ0n) is 39.0. The van der Waals surface area contributed by atoms with Gasteiger partial charge < -0.3 is 23.8 Å². The molecular formula is C40H49N2Na4O15S6+. The molecule has 5 rings (SSSR count). The van der Waals surface area contributed by atoms with Crippen molar-refractivity contribution in [3.8, 4) is 0 Å². The van der Waals surface area contributed by atoms with Crippen LogP contribution in [0.5, 0.6) is 0 Å². The first-order valence-electron chi connectivity index (χ1n) is 19.8. The Morgan fingerprint density at radius 2 is 1.46 bits per heavy atom. The van der Waals surface area contributed by atoms with Gasteiger partial charge in [-0.2, -0.15) is 17.3 Å². The normalized spacial score (nSPS) is 17.9. The molecule has 2 aliphatic heterocycles. The van der Waals surface area contributed by atoms with Crippen molar-refractivity contribution in [2.45, 2.75) is 93.3 Å². The standard InChI is InChI=1S/C40H52N2O15S6.4Na/c1-39(2)33-25-30(59-57-56-43)13-15-35(33)41(20-5-7-23-60(44,45)46)37(39)17-11-28-9-10-29(32(28)19-22-58-27-62(50,51)52)12-18-38-40(3,4)34-26-31(63(53,54)55)14-16-36(34)42(38)21-6-8-24-61(47,48)49;;;;/h11-18,25-26H,5-10,19-24,27H2,1-4H3,(H4-,43,44,45,46,47,48,49,50,51,52,53,54,55);;;;/q;4*+1/p-3. The van der Waals surface area contributed by atoms with Gasteiger partial charge in [0, 0.05) is 58.1 Å². The number of fused-ring (bicyclic) bond motifs is 2. The Balaban J connectivity index is 0.00000561. The van der Waals surface area contributed by atoms with Crippen LogP contribution < -0.4 is 128 Å². The molecule has 0 spiro atoms. The van der Waals surface area contributed by atoms with Gasteiger partial charge >= 0.3 is 118 Å². The summed E-state index contributed by atoms with van der Waals surface area (Å²) >= 11 is 1.74. The van der Waals surface area contributed by atoms with Gasteiger partial charge in [-0.1, -0.05) is 26.0 Å². The zero-order chi connectivity index (χ0) is 46.6. The van der Waals surface area contributed by atoms with E-state index in [4.69, 9.17) is 0 Å². The minimum atomic E-state index is -4.79. The number of benzene rings is 2. The topological polar surface area (TPSA) is 274 Å². The molecule has 17 nitrogen and oxygen atoms in total. The summed E-state index contributed by atoms with van der Waals surface area (Å²) in [5.41, 5.74) is 5.88. The van der Waals surface area contributed by atoms with E-state index in [0.717, 1.165) is 63.2 Å². The van der Waals surface area contributed by atoms with Crippen LogP contribution in [0.3, 0.4) is 0 Å². The van der Waals surface area contributed by atoms with Gasteiger partial charge in [-0.05, 0) is 117 Å². The van der Waals surface area contributed by atoms with Crippen molar-refractivity contribution in [1.82, 2.24) is 0 Å². The van der Waals surface area contributed by atoms with E-state index in [1.807, 2.05) is 69.0 Å². The summed E-state index contributed by atoms with van der Waals surface area (Å²) in [7, 11) is -17.9. The first kappa shape index (κ1) is 66.1. The van der Waals surface area contributed by atoms with Crippen molar-refractivity contribution >= 4 is 81.4 Å². The number of hydrogen-bond acceptors (Lipinski definition) is 17. The first-order chi connectivity index (χ1) is 29.2. The molecule has 2 aromatic rings. The number of nitrogens with zero attached hydrogens (tertiary/aromatic N) is 2. The van der Waals surface area contributed by atoms with Crippen molar-refractivity contribution in [2.24, 2.45) is 0 Å². The van der Waals surface area contributed by atoms with Crippen LogP contribution in [0, 0.1) is 0 Å². The van der Waals surface area contributed by atoms with E-state index in [0.29, 0.717) is 60.5 Å². The Bertz CT molecular complexity index is 2710. The summed E-state index contributed by atoms with van der Waals surface area (Å²) in [6.45, 7) is 8.48. The molecule has 348 valence electrons. The first-order valence-corrected chi connectivity index (χ1v) is 27.8. The van der Waals surface area contributed by atoms with E-state index in [1.54, 1.807) is 6.07 Å². The molecule has 0 radical (unpaired) electrons. The minimum Gasteiger partial charge on any atom is -0.748 e. The summed E-state index contributed by atoms with van der Waals surface area (Å²) in [4.78, 5) is 2.13. The Kier molecular flexibility index (Phi) is 27.2. The molecule has 0 atom stereocenters. The molecule has 0 aromatic heterocycles. The molecule has 0 bridgehead atoms. The minimum absolute atomic E-state index is 0. The van der Waals surface area contributed by atoms with Gasteiger partial charge in [0.1, 0.15) is 26.8 Å². The third kappa shape index (κ3) is 18.5. The molecule has 0 saturated heterocycles. The molecule has 67 heavy (non-hydrogen) atoms. The van der Waals surface area contributed by atoms with E-state index < -0.39 is 72.8 Å². The third-order valence-electron chi connectivity index (χ3n) is 11.3. The van der Waals surface area contributed by atoms with Crippen LogP contribution in [-0.4, -0.2) is 97.6 Å². The van der Waals surface area contributed by atoms with Gasteiger partial charge in [-0.15, -0.1) is 11.8 Å². The largest absolute Gasteiger partial charge is 1.00 e. The monoisotopic (exact) mass is 1080 g/mol. The van der Waals surface area contributed by atoms with Gasteiger partial charge in [0.15, 0.2) is 5.71 Å². The van der Waals surface area contributed by atoms with Gasteiger partial charge in [0.25, 0.3) is 10.1 Å². The second-order valence-corrected chi connectivity index (χ2v) is 24.5. The van der Waals surface area contributed by atoms with Gasteiger partial charge in [-0.25, -0.2) is 25.3 Å². The average molecular weight is 1080 g/mol. The SMILES string of the molecule is CC1(C)C(C=CC2=C(CCSCS(=O)(=O)[O-])C(=C/C=C3/N(CCCCS(=O)(=O)[O-])c4ccc(S(=O)(=O)[O-])cc4C3(C)C)CC2)=[N+](CCCCS(=O)(=O)O)c2ccc(SOO[O-])cc21.[Na+].[Na+].[Na+].[Na+]. The Morgan fingerprint density at radius 3 is 2.07 bits per heavy atom. The Hall–Kier alpha value is 1.09. The summed E-state index contributed by atoms with van der Waals surface area (Å²) in [5, 5.41) is 13.5. The van der Waals surface area contributed by atoms with Crippen LogP contribution in [0.4, 0.5) is 11.4 Å². The third-order valence-corrected chi connectivity index (χ3v) is 16.6. The summed E-state index contributed by atoms with van der Waals surface area (Å²) < 4.78 is 143. The van der Waals surface area contributed by atoms with Crippen molar-refractivity contribution in [3.05, 3.63) is 94.2 Å². The molecule has 0 unspecified atom stereocenters. The van der Waals surface area contributed by atoms with Gasteiger partial charge in [-0.3, -0.25) is 9.59 Å². The molecule has 0 saturated carbocycles. The van der Waals surface area contributed by atoms with Crippen LogP contribution in [0.15, 0.2) is 92.9 Å². The van der Waals surface area contributed by atoms with Crippen LogP contribution in [-0.2, 0) is 60.7 Å². The molecule has 1 aliphatic carbocycles. The second-order valence-electron chi connectivity index (χ2n) is 16.3. The van der Waals surface area contributed by atoms with Crippen molar-refractivity contribution in [2.75, 3.05) is 40.3 Å². The number of rotatable bonds is 22. The second kappa shape index (κ2) is 27.6. The number of unbranched alkanes of at least 4 members (excludes halogenated alkanes) is 2. The van der Waals surface area contributed by atoms with Gasteiger partial charge in [0.05, 0.1) is 43.3 Å². The smallest absolute Gasteiger partial charge is 0.748 e. The van der Waals surface area contributed by atoms with Crippen molar-refractivity contribution in [3.63, 3.8) is 0 Å². The fraction of sp³-hybridized carbons (Fsp3) is 0.475. The van der Waals surface area contributed by atoms with E-state index in [-0.39, 0.29) is 138 Å². The van der Waals surface area contributed by atoms with Crippen LogP contribution >= 0.6 is 23.8 Å². The maximum Gasteiger partial charge on any atom is 1.00 e. The van der Waals surface area contributed by atoms with E-state index in [1.165, 1.54) is 18.2 Å². The summed E-state index contributed by atoms with van der Waals surface area (Å²) in [6, 6.07) is 9.61. The molecule has 0 amide bonds. The number of hydrogen-bond donors (Lipinski definition) is 1. The van der Waals surface area contributed by atoms with E-state index >= 15 is 0 Å². The summed E-state index contributed by atoms with van der Waals surface area (Å²) in [5.74, 6) is -0.637.